The van der Waals surface area contributed by atoms with E-state index in [1.807, 2.05) is 7.05 Å². The van der Waals surface area contributed by atoms with Gasteiger partial charge in [-0.3, -0.25) is 4.99 Å². The molecule has 6 heteroatoms. The first-order valence-electron chi connectivity index (χ1n) is 11.2. The molecule has 2 fully saturated rings. The van der Waals surface area contributed by atoms with Gasteiger partial charge in [-0.2, -0.15) is 0 Å². The number of nitrogens with zero attached hydrogens (tertiary/aromatic N) is 3. The molecule has 2 N–H and O–H groups in total. The van der Waals surface area contributed by atoms with Crippen LogP contribution in [0.15, 0.2) is 29.3 Å². The molecule has 2 aliphatic rings. The topological polar surface area (TPSA) is 52.1 Å². The molecule has 1 aromatic carbocycles. The van der Waals surface area contributed by atoms with Crippen LogP contribution in [0, 0.1) is 5.92 Å². The van der Waals surface area contributed by atoms with Crippen molar-refractivity contribution in [3.05, 3.63) is 29.8 Å². The van der Waals surface area contributed by atoms with Gasteiger partial charge < -0.3 is 25.2 Å². The molecular weight excluding hydrogens is 362 g/mol. The summed E-state index contributed by atoms with van der Waals surface area (Å²) in [5.41, 5.74) is 2.65. The Morgan fingerprint density at radius 1 is 1.21 bits per heavy atom. The molecule has 1 unspecified atom stereocenters. The normalized spacial score (nSPS) is 20.1. The van der Waals surface area contributed by atoms with Crippen molar-refractivity contribution < 1.29 is 4.74 Å². The number of rotatable bonds is 8. The summed E-state index contributed by atoms with van der Waals surface area (Å²) in [5.74, 6) is 1.60. The lowest BCUT2D eigenvalue weighted by Crippen LogP contribution is -2.43. The van der Waals surface area contributed by atoms with Crippen molar-refractivity contribution in [2.45, 2.75) is 38.6 Å². The summed E-state index contributed by atoms with van der Waals surface area (Å²) in [6.45, 7) is 9.77. The van der Waals surface area contributed by atoms with E-state index in [2.05, 4.69) is 56.6 Å². The van der Waals surface area contributed by atoms with Gasteiger partial charge >= 0.3 is 0 Å². The minimum absolute atomic E-state index is 0.222. The number of hydrogen-bond acceptors (Lipinski definition) is 4. The zero-order valence-corrected chi connectivity index (χ0v) is 18.5. The van der Waals surface area contributed by atoms with Crippen LogP contribution in [-0.2, 0) is 4.74 Å². The second kappa shape index (κ2) is 11.4. The monoisotopic (exact) mass is 401 g/mol. The molecule has 29 heavy (non-hydrogen) atoms. The SMILES string of the molecule is CN=C(NCC1CCN(CCOC)CC1)NC(C)c1cccc(N2CCCC2)c1. The van der Waals surface area contributed by atoms with E-state index in [1.165, 1.54) is 63.1 Å². The number of ether oxygens (including phenoxy) is 1. The van der Waals surface area contributed by atoms with Gasteiger partial charge in [-0.25, -0.2) is 0 Å². The maximum Gasteiger partial charge on any atom is 0.191 e. The predicted octanol–water partition coefficient (Wildman–Crippen LogP) is 2.87. The van der Waals surface area contributed by atoms with Gasteiger partial charge in [-0.05, 0) is 69.3 Å². The largest absolute Gasteiger partial charge is 0.383 e. The molecule has 0 aromatic heterocycles. The van der Waals surface area contributed by atoms with Gasteiger partial charge in [0.2, 0.25) is 0 Å². The lowest BCUT2D eigenvalue weighted by Gasteiger charge is -2.32. The molecule has 0 spiro atoms. The number of hydrogen-bond donors (Lipinski definition) is 2. The van der Waals surface area contributed by atoms with Crippen LogP contribution in [0.5, 0.6) is 0 Å². The summed E-state index contributed by atoms with van der Waals surface area (Å²) < 4.78 is 5.19. The molecule has 162 valence electrons. The fourth-order valence-corrected chi connectivity index (χ4v) is 4.32. The van der Waals surface area contributed by atoms with Crippen molar-refractivity contribution in [3.63, 3.8) is 0 Å². The van der Waals surface area contributed by atoms with Gasteiger partial charge in [-0.1, -0.05) is 12.1 Å². The summed E-state index contributed by atoms with van der Waals surface area (Å²) in [4.78, 5) is 9.44. The Morgan fingerprint density at radius 3 is 2.66 bits per heavy atom. The molecule has 2 heterocycles. The lowest BCUT2D eigenvalue weighted by molar-refractivity contribution is 0.121. The number of anilines is 1. The Labute approximate surface area is 176 Å². The van der Waals surface area contributed by atoms with Crippen LogP contribution in [-0.4, -0.2) is 70.9 Å². The molecular formula is C23H39N5O. The number of aliphatic imine (C=N–C) groups is 1. The third-order valence-corrected chi connectivity index (χ3v) is 6.30. The number of piperidine rings is 1. The van der Waals surface area contributed by atoms with Crippen molar-refractivity contribution in [2.24, 2.45) is 10.9 Å². The van der Waals surface area contributed by atoms with Crippen LogP contribution >= 0.6 is 0 Å². The first kappa shape index (κ1) is 21.9. The fraction of sp³-hybridized carbons (Fsp3) is 0.696. The minimum atomic E-state index is 0.222. The third-order valence-electron chi connectivity index (χ3n) is 6.30. The van der Waals surface area contributed by atoms with Crippen LogP contribution < -0.4 is 15.5 Å². The highest BCUT2D eigenvalue weighted by Crippen LogP contribution is 2.24. The quantitative estimate of drug-likeness (QED) is 0.518. The van der Waals surface area contributed by atoms with E-state index in [9.17, 15) is 0 Å². The van der Waals surface area contributed by atoms with Crippen LogP contribution in [0.1, 0.15) is 44.2 Å². The first-order chi connectivity index (χ1) is 14.2. The summed E-state index contributed by atoms with van der Waals surface area (Å²) in [7, 11) is 3.63. The average Bonchev–Trinajstić information content (AvgIpc) is 3.31. The molecule has 2 saturated heterocycles. The molecule has 0 amide bonds. The molecule has 6 nitrogen and oxygen atoms in total. The summed E-state index contributed by atoms with van der Waals surface area (Å²) >= 11 is 0. The smallest absolute Gasteiger partial charge is 0.191 e. The highest BCUT2D eigenvalue weighted by Gasteiger charge is 2.19. The van der Waals surface area contributed by atoms with E-state index in [0.717, 1.165) is 25.7 Å². The molecule has 0 bridgehead atoms. The van der Waals surface area contributed by atoms with Crippen molar-refractivity contribution in [1.82, 2.24) is 15.5 Å². The van der Waals surface area contributed by atoms with E-state index < -0.39 is 0 Å². The average molecular weight is 402 g/mol. The number of benzene rings is 1. The molecule has 1 atom stereocenters. The van der Waals surface area contributed by atoms with Crippen molar-refractivity contribution in [1.29, 1.82) is 0 Å². The van der Waals surface area contributed by atoms with E-state index in [0.29, 0.717) is 5.92 Å². The van der Waals surface area contributed by atoms with Gasteiger partial charge in [0.15, 0.2) is 5.96 Å². The highest BCUT2D eigenvalue weighted by atomic mass is 16.5. The third kappa shape index (κ3) is 6.61. The Kier molecular flexibility index (Phi) is 8.62. The summed E-state index contributed by atoms with van der Waals surface area (Å²) in [5, 5.41) is 7.12. The Bertz CT molecular complexity index is 636. The number of methoxy groups -OCH3 is 1. The Balaban J connectivity index is 1.44. The van der Waals surface area contributed by atoms with E-state index >= 15 is 0 Å². The highest BCUT2D eigenvalue weighted by molar-refractivity contribution is 5.80. The van der Waals surface area contributed by atoms with Gasteiger partial charge in [0.25, 0.3) is 0 Å². The van der Waals surface area contributed by atoms with Gasteiger partial charge in [0.05, 0.1) is 12.6 Å². The van der Waals surface area contributed by atoms with Crippen molar-refractivity contribution in [2.75, 3.05) is 64.9 Å². The zero-order chi connectivity index (χ0) is 20.5. The number of nitrogens with one attached hydrogen (secondary N) is 2. The maximum absolute atomic E-state index is 5.19. The number of likely N-dealkylation sites (tertiary alicyclic amines) is 1. The summed E-state index contributed by atoms with van der Waals surface area (Å²) in [6.07, 6.45) is 5.09. The minimum Gasteiger partial charge on any atom is -0.383 e. The first-order valence-corrected chi connectivity index (χ1v) is 11.2. The maximum atomic E-state index is 5.19. The Morgan fingerprint density at radius 2 is 1.97 bits per heavy atom. The molecule has 2 aliphatic heterocycles. The van der Waals surface area contributed by atoms with Crippen LogP contribution in [0.2, 0.25) is 0 Å². The summed E-state index contributed by atoms with van der Waals surface area (Å²) in [6, 6.07) is 9.16. The van der Waals surface area contributed by atoms with Gasteiger partial charge in [-0.15, -0.1) is 0 Å². The fourth-order valence-electron chi connectivity index (χ4n) is 4.32. The second-order valence-electron chi connectivity index (χ2n) is 8.39. The van der Waals surface area contributed by atoms with Crippen LogP contribution in [0.4, 0.5) is 5.69 Å². The van der Waals surface area contributed by atoms with E-state index in [4.69, 9.17) is 4.74 Å². The second-order valence-corrected chi connectivity index (χ2v) is 8.39. The van der Waals surface area contributed by atoms with Crippen molar-refractivity contribution in [3.8, 4) is 0 Å². The van der Waals surface area contributed by atoms with Gasteiger partial charge in [0.1, 0.15) is 0 Å². The van der Waals surface area contributed by atoms with Gasteiger partial charge in [0, 0.05) is 46.0 Å². The molecule has 1 aromatic rings. The molecule has 0 saturated carbocycles. The van der Waals surface area contributed by atoms with Crippen molar-refractivity contribution >= 4 is 11.6 Å². The lowest BCUT2D eigenvalue weighted by atomic mass is 9.97. The number of guanidine groups is 1. The molecule has 0 radical (unpaired) electrons. The standard InChI is InChI=1S/C23H39N5O/c1-19(21-7-6-8-22(17-21)28-11-4-5-12-28)26-23(24-2)25-18-20-9-13-27(14-10-20)15-16-29-3/h6-8,17,19-20H,4-5,9-16,18H2,1-3H3,(H2,24,25,26). The van der Waals surface area contributed by atoms with Crippen LogP contribution in [0.3, 0.4) is 0 Å². The molecule has 3 rings (SSSR count). The van der Waals surface area contributed by atoms with Crippen LogP contribution in [0.25, 0.3) is 0 Å². The zero-order valence-electron chi connectivity index (χ0n) is 18.5. The predicted molar refractivity (Wildman–Crippen MR) is 122 cm³/mol. The Hall–Kier alpha value is -1.79. The van der Waals surface area contributed by atoms with E-state index in [1.54, 1.807) is 7.11 Å². The molecule has 0 aliphatic carbocycles. The van der Waals surface area contributed by atoms with E-state index in [-0.39, 0.29) is 6.04 Å².